The number of nitrogens with zero attached hydrogens (tertiary/aromatic N) is 1. The van der Waals surface area contributed by atoms with E-state index in [1.165, 1.54) is 4.31 Å². The van der Waals surface area contributed by atoms with Gasteiger partial charge in [-0.1, -0.05) is 6.92 Å². The van der Waals surface area contributed by atoms with Gasteiger partial charge < -0.3 is 15.0 Å². The Morgan fingerprint density at radius 3 is 2.45 bits per heavy atom. The molecule has 1 atom stereocenters. The summed E-state index contributed by atoms with van der Waals surface area (Å²) in [6.07, 6.45) is 5.45. The normalized spacial score (nSPS) is 25.2. The molecule has 2 aliphatic rings. The fraction of sp³-hybridized carbons (Fsp3) is 0.727. The largest absolute Gasteiger partial charge is 0.462 e. The van der Waals surface area contributed by atoms with E-state index in [9.17, 15) is 18.0 Å². The highest BCUT2D eigenvalue weighted by Gasteiger charge is 2.38. The Balaban J connectivity index is 1.77. The van der Waals surface area contributed by atoms with Crippen LogP contribution in [0.4, 0.5) is 0 Å². The maximum atomic E-state index is 13.5. The first-order valence-corrected chi connectivity index (χ1v) is 12.8. The van der Waals surface area contributed by atoms with Gasteiger partial charge in [-0.25, -0.2) is 13.2 Å². The molecule has 174 valence electrons. The maximum Gasteiger partial charge on any atom is 0.341 e. The predicted molar refractivity (Wildman–Crippen MR) is 117 cm³/mol. The van der Waals surface area contributed by atoms with Crippen molar-refractivity contribution in [1.82, 2.24) is 14.6 Å². The molecule has 2 heterocycles. The Hall–Kier alpha value is -1.87. The van der Waals surface area contributed by atoms with Gasteiger partial charge in [-0.15, -0.1) is 0 Å². The van der Waals surface area contributed by atoms with Crippen molar-refractivity contribution in [3.63, 3.8) is 0 Å². The van der Waals surface area contributed by atoms with E-state index in [4.69, 9.17) is 4.74 Å². The smallest absolute Gasteiger partial charge is 0.341 e. The molecular formula is C22H35N3O5S. The van der Waals surface area contributed by atoms with Crippen molar-refractivity contribution >= 4 is 21.9 Å². The van der Waals surface area contributed by atoms with E-state index in [0.717, 1.165) is 25.7 Å². The molecule has 3 rings (SSSR count). The van der Waals surface area contributed by atoms with Crippen LogP contribution in [0, 0.1) is 25.7 Å². The Labute approximate surface area is 185 Å². The summed E-state index contributed by atoms with van der Waals surface area (Å²) in [5.74, 6) is -0.396. The minimum absolute atomic E-state index is 0.0363. The second-order valence-corrected chi connectivity index (χ2v) is 10.8. The fourth-order valence-electron chi connectivity index (χ4n) is 4.76. The topological polar surface area (TPSA) is 109 Å². The van der Waals surface area contributed by atoms with E-state index in [1.54, 1.807) is 20.8 Å². The Kier molecular flexibility index (Phi) is 7.47. The van der Waals surface area contributed by atoms with Crippen molar-refractivity contribution < 1.29 is 22.7 Å². The number of rotatable bonds is 6. The van der Waals surface area contributed by atoms with Crippen LogP contribution in [0.3, 0.4) is 0 Å². The number of nitrogens with one attached hydrogen (secondary N) is 2. The minimum Gasteiger partial charge on any atom is -0.462 e. The van der Waals surface area contributed by atoms with E-state index in [-0.39, 0.29) is 41.5 Å². The highest BCUT2D eigenvalue weighted by molar-refractivity contribution is 7.89. The van der Waals surface area contributed by atoms with Crippen LogP contribution in [0.1, 0.15) is 74.1 Å². The summed E-state index contributed by atoms with van der Waals surface area (Å²) < 4.78 is 33.5. The number of hydrogen-bond donors (Lipinski definition) is 2. The minimum atomic E-state index is -3.95. The molecule has 31 heavy (non-hydrogen) atoms. The number of ether oxygens (including phenoxy) is 1. The van der Waals surface area contributed by atoms with Crippen molar-refractivity contribution in [3.05, 3.63) is 17.0 Å². The van der Waals surface area contributed by atoms with Crippen LogP contribution in [0.5, 0.6) is 0 Å². The number of esters is 1. The summed E-state index contributed by atoms with van der Waals surface area (Å²) in [5, 5.41) is 3.14. The first kappa shape index (κ1) is 23.8. The Morgan fingerprint density at radius 2 is 1.81 bits per heavy atom. The number of aryl methyl sites for hydroxylation is 2. The predicted octanol–water partition coefficient (Wildman–Crippen LogP) is 2.90. The molecule has 1 saturated carbocycles. The summed E-state index contributed by atoms with van der Waals surface area (Å²) in [6.45, 7) is 7.84. The van der Waals surface area contributed by atoms with Gasteiger partial charge in [-0.05, 0) is 65.2 Å². The number of aromatic nitrogens is 1. The van der Waals surface area contributed by atoms with Gasteiger partial charge in [-0.3, -0.25) is 4.79 Å². The summed E-state index contributed by atoms with van der Waals surface area (Å²) in [7, 11) is -3.95. The molecule has 0 aromatic carbocycles. The molecule has 0 radical (unpaired) electrons. The molecule has 9 heteroatoms. The van der Waals surface area contributed by atoms with E-state index < -0.39 is 16.0 Å². The number of sulfonamides is 1. The molecule has 0 spiro atoms. The molecule has 8 nitrogen and oxygen atoms in total. The lowest BCUT2D eigenvalue weighted by Gasteiger charge is -2.33. The molecule has 2 N–H and O–H groups in total. The standard InChI is InChI=1S/C22H35N3O5S/c1-5-30-22(27)19-15(3)23-16(4)20(19)31(28,29)25-12-6-7-17(13-25)21(26)24-18-10-8-14(2)9-11-18/h14,17-18,23H,5-13H2,1-4H3,(H,24,26). The van der Waals surface area contributed by atoms with Crippen molar-refractivity contribution in [2.75, 3.05) is 19.7 Å². The van der Waals surface area contributed by atoms with Gasteiger partial charge in [0.25, 0.3) is 0 Å². The molecule has 2 fully saturated rings. The lowest BCUT2D eigenvalue weighted by Crippen LogP contribution is -2.48. The van der Waals surface area contributed by atoms with Gasteiger partial charge in [0.15, 0.2) is 0 Å². The number of hydrogen-bond acceptors (Lipinski definition) is 5. The van der Waals surface area contributed by atoms with Gasteiger partial charge in [-0.2, -0.15) is 4.31 Å². The van der Waals surface area contributed by atoms with E-state index in [1.807, 2.05) is 0 Å². The average Bonchev–Trinajstić information content (AvgIpc) is 3.04. The zero-order valence-corrected chi connectivity index (χ0v) is 19.8. The van der Waals surface area contributed by atoms with Gasteiger partial charge in [0, 0.05) is 30.5 Å². The lowest BCUT2D eigenvalue weighted by molar-refractivity contribution is -0.127. The summed E-state index contributed by atoms with van der Waals surface area (Å²) in [4.78, 5) is 28.3. The molecule has 1 aliphatic heterocycles. The monoisotopic (exact) mass is 453 g/mol. The highest BCUT2D eigenvalue weighted by Crippen LogP contribution is 2.31. The summed E-state index contributed by atoms with van der Waals surface area (Å²) in [6, 6.07) is 0.181. The van der Waals surface area contributed by atoms with Crippen LogP contribution in [-0.2, 0) is 19.6 Å². The maximum absolute atomic E-state index is 13.5. The second-order valence-electron chi connectivity index (χ2n) is 8.97. The molecule has 1 aromatic heterocycles. The lowest BCUT2D eigenvalue weighted by atomic mass is 9.87. The third kappa shape index (κ3) is 5.14. The van der Waals surface area contributed by atoms with Crippen LogP contribution in [0.2, 0.25) is 0 Å². The van der Waals surface area contributed by atoms with Crippen LogP contribution >= 0.6 is 0 Å². The first-order valence-electron chi connectivity index (χ1n) is 11.3. The number of piperidine rings is 1. The fourth-order valence-corrected chi connectivity index (χ4v) is 6.69. The molecule has 0 bridgehead atoms. The SMILES string of the molecule is CCOC(=O)c1c(C)[nH]c(C)c1S(=O)(=O)N1CCCC(C(=O)NC2CCC(C)CC2)C1. The number of amides is 1. The number of H-pyrrole nitrogens is 1. The van der Waals surface area contributed by atoms with Crippen LogP contribution in [0.25, 0.3) is 0 Å². The quantitative estimate of drug-likeness (QED) is 0.644. The van der Waals surface area contributed by atoms with E-state index in [2.05, 4.69) is 17.2 Å². The van der Waals surface area contributed by atoms with Crippen LogP contribution in [-0.4, -0.2) is 55.3 Å². The van der Waals surface area contributed by atoms with Crippen LogP contribution < -0.4 is 5.32 Å². The third-order valence-electron chi connectivity index (χ3n) is 6.51. The van der Waals surface area contributed by atoms with Crippen molar-refractivity contribution in [2.45, 2.75) is 77.2 Å². The summed E-state index contributed by atoms with van der Waals surface area (Å²) >= 11 is 0. The van der Waals surface area contributed by atoms with Gasteiger partial charge in [0.2, 0.25) is 15.9 Å². The van der Waals surface area contributed by atoms with E-state index >= 15 is 0 Å². The number of carbonyl (C=O) groups is 2. The molecule has 1 unspecified atom stereocenters. The molecule has 1 amide bonds. The van der Waals surface area contributed by atoms with Gasteiger partial charge >= 0.3 is 5.97 Å². The zero-order chi connectivity index (χ0) is 22.8. The van der Waals surface area contributed by atoms with Crippen molar-refractivity contribution in [1.29, 1.82) is 0 Å². The Bertz CT molecular complexity index is 916. The van der Waals surface area contributed by atoms with Gasteiger partial charge in [0.05, 0.1) is 12.5 Å². The summed E-state index contributed by atoms with van der Waals surface area (Å²) in [5.41, 5.74) is 0.929. The van der Waals surface area contributed by atoms with E-state index in [0.29, 0.717) is 36.7 Å². The van der Waals surface area contributed by atoms with Crippen molar-refractivity contribution in [3.8, 4) is 0 Å². The molecule has 1 aliphatic carbocycles. The number of carbonyl (C=O) groups excluding carboxylic acids is 2. The van der Waals surface area contributed by atoms with Crippen molar-refractivity contribution in [2.24, 2.45) is 11.8 Å². The molecule has 1 saturated heterocycles. The molecular weight excluding hydrogens is 418 g/mol. The average molecular weight is 454 g/mol. The number of aromatic amines is 1. The third-order valence-corrected chi connectivity index (χ3v) is 8.55. The zero-order valence-electron chi connectivity index (χ0n) is 19.0. The molecule has 1 aromatic rings. The van der Waals surface area contributed by atoms with Crippen LogP contribution in [0.15, 0.2) is 4.90 Å². The Morgan fingerprint density at radius 1 is 1.13 bits per heavy atom. The van der Waals surface area contributed by atoms with Gasteiger partial charge in [0.1, 0.15) is 10.5 Å². The highest BCUT2D eigenvalue weighted by atomic mass is 32.2. The second kappa shape index (κ2) is 9.73. The first-order chi connectivity index (χ1) is 14.6.